The zero-order chi connectivity index (χ0) is 20.7. The van der Waals surface area contributed by atoms with E-state index < -0.39 is 30.1 Å². The average Bonchev–Trinajstić information content (AvgIpc) is 2.62. The Morgan fingerprint density at radius 1 is 1.07 bits per heavy atom. The number of carboxylic acid groups (broad SMARTS) is 1. The molecule has 0 saturated heterocycles. The summed E-state index contributed by atoms with van der Waals surface area (Å²) in [5.41, 5.74) is 0.452. The first-order chi connectivity index (χ1) is 13.3. The number of carboxylic acids is 1. The molecular weight excluding hydrogens is 382 g/mol. The summed E-state index contributed by atoms with van der Waals surface area (Å²) >= 11 is 0. The van der Waals surface area contributed by atoms with Crippen LogP contribution < -0.4 is 4.74 Å². The summed E-state index contributed by atoms with van der Waals surface area (Å²) in [4.78, 5) is 24.6. The molecular formula is C19H17F4NO4. The van der Waals surface area contributed by atoms with Crippen LogP contribution in [-0.4, -0.2) is 35.0 Å². The second-order valence-electron chi connectivity index (χ2n) is 5.87. The lowest BCUT2D eigenvalue weighted by Gasteiger charge is -2.23. The molecule has 0 aliphatic heterocycles. The van der Waals surface area contributed by atoms with Crippen molar-refractivity contribution in [1.29, 1.82) is 0 Å². The largest absolute Gasteiger partial charge is 0.481 e. The standard InChI is InChI=1S/C19H17F4NO4/c20-14-6-5-12(9-15(14)21)11-24(8-7-18(26)27)17(25)10-13-3-1-2-4-16(13)28-19(22)23/h1-6,9,19H,7-8,10-11H2,(H,26,27). The zero-order valence-corrected chi connectivity index (χ0v) is 14.6. The van der Waals surface area contributed by atoms with Crippen molar-refractivity contribution in [2.24, 2.45) is 0 Å². The molecule has 0 saturated carbocycles. The molecule has 1 amide bonds. The molecule has 1 N–H and O–H groups in total. The van der Waals surface area contributed by atoms with E-state index in [1.165, 1.54) is 30.3 Å². The van der Waals surface area contributed by atoms with E-state index >= 15 is 0 Å². The Kier molecular flexibility index (Phi) is 7.36. The number of amides is 1. The lowest BCUT2D eigenvalue weighted by molar-refractivity contribution is -0.138. The highest BCUT2D eigenvalue weighted by Crippen LogP contribution is 2.22. The second kappa shape index (κ2) is 9.72. The van der Waals surface area contributed by atoms with Crippen LogP contribution in [0.15, 0.2) is 42.5 Å². The fourth-order valence-corrected chi connectivity index (χ4v) is 2.52. The molecule has 2 aromatic rings. The van der Waals surface area contributed by atoms with Gasteiger partial charge in [0.1, 0.15) is 5.75 Å². The van der Waals surface area contributed by atoms with Crippen molar-refractivity contribution < 1.29 is 37.0 Å². The van der Waals surface area contributed by atoms with Crippen LogP contribution in [-0.2, 0) is 22.6 Å². The molecule has 0 radical (unpaired) electrons. The van der Waals surface area contributed by atoms with E-state index in [9.17, 15) is 27.2 Å². The average molecular weight is 399 g/mol. The van der Waals surface area contributed by atoms with Crippen molar-refractivity contribution in [3.05, 3.63) is 65.2 Å². The topological polar surface area (TPSA) is 66.8 Å². The normalized spacial score (nSPS) is 10.8. The van der Waals surface area contributed by atoms with Crippen LogP contribution in [0, 0.1) is 11.6 Å². The predicted molar refractivity (Wildman–Crippen MR) is 90.8 cm³/mol. The number of carbonyl (C=O) groups is 2. The minimum absolute atomic E-state index is 0.165. The van der Waals surface area contributed by atoms with Gasteiger partial charge in [-0.3, -0.25) is 9.59 Å². The van der Waals surface area contributed by atoms with Crippen molar-refractivity contribution in [2.75, 3.05) is 6.54 Å². The molecule has 0 unspecified atom stereocenters. The molecule has 0 atom stereocenters. The number of nitrogens with zero attached hydrogens (tertiary/aromatic N) is 1. The van der Waals surface area contributed by atoms with Gasteiger partial charge in [-0.15, -0.1) is 0 Å². The van der Waals surface area contributed by atoms with Crippen LogP contribution in [0.2, 0.25) is 0 Å². The van der Waals surface area contributed by atoms with Crippen molar-refractivity contribution in [3.8, 4) is 5.75 Å². The summed E-state index contributed by atoms with van der Waals surface area (Å²) in [7, 11) is 0. The highest BCUT2D eigenvalue weighted by atomic mass is 19.3. The maximum absolute atomic E-state index is 13.4. The highest BCUT2D eigenvalue weighted by Gasteiger charge is 2.19. The number of ether oxygens (including phenoxy) is 1. The SMILES string of the molecule is O=C(O)CCN(Cc1ccc(F)c(F)c1)C(=O)Cc1ccccc1OC(F)F. The molecule has 0 aliphatic rings. The van der Waals surface area contributed by atoms with Crippen LogP contribution in [0.4, 0.5) is 17.6 Å². The number of benzene rings is 2. The van der Waals surface area contributed by atoms with Crippen molar-refractivity contribution in [3.63, 3.8) is 0 Å². The molecule has 150 valence electrons. The first-order valence-corrected chi connectivity index (χ1v) is 8.22. The van der Waals surface area contributed by atoms with Gasteiger partial charge in [-0.1, -0.05) is 24.3 Å². The minimum Gasteiger partial charge on any atom is -0.481 e. The third-order valence-corrected chi connectivity index (χ3v) is 3.84. The third kappa shape index (κ3) is 6.26. The molecule has 28 heavy (non-hydrogen) atoms. The molecule has 2 aromatic carbocycles. The number of para-hydroxylation sites is 1. The molecule has 2 rings (SSSR count). The smallest absolute Gasteiger partial charge is 0.387 e. The molecule has 0 bridgehead atoms. The Morgan fingerprint density at radius 3 is 2.43 bits per heavy atom. The van der Waals surface area contributed by atoms with E-state index in [4.69, 9.17) is 5.11 Å². The van der Waals surface area contributed by atoms with Gasteiger partial charge >= 0.3 is 12.6 Å². The number of hydrogen-bond acceptors (Lipinski definition) is 3. The molecule has 0 fully saturated rings. The van der Waals surface area contributed by atoms with Crippen LogP contribution >= 0.6 is 0 Å². The van der Waals surface area contributed by atoms with Crippen LogP contribution in [0.3, 0.4) is 0 Å². The van der Waals surface area contributed by atoms with Crippen LogP contribution in [0.25, 0.3) is 0 Å². The molecule has 0 aliphatic carbocycles. The number of hydrogen-bond donors (Lipinski definition) is 1. The second-order valence-corrected chi connectivity index (χ2v) is 5.87. The van der Waals surface area contributed by atoms with E-state index in [-0.39, 0.29) is 42.8 Å². The van der Waals surface area contributed by atoms with Crippen molar-refractivity contribution >= 4 is 11.9 Å². The Labute approximate surface area is 158 Å². The molecule has 0 spiro atoms. The van der Waals surface area contributed by atoms with E-state index in [0.717, 1.165) is 17.0 Å². The maximum Gasteiger partial charge on any atom is 0.387 e. The fraction of sp³-hybridized carbons (Fsp3) is 0.263. The molecule has 0 aromatic heterocycles. The Morgan fingerprint density at radius 2 is 1.79 bits per heavy atom. The summed E-state index contributed by atoms with van der Waals surface area (Å²) in [5.74, 6) is -4.04. The van der Waals surface area contributed by atoms with Gasteiger partial charge in [-0.2, -0.15) is 8.78 Å². The quantitative estimate of drug-likeness (QED) is 0.655. The summed E-state index contributed by atoms with van der Waals surface area (Å²) < 4.78 is 55.9. The highest BCUT2D eigenvalue weighted by molar-refractivity contribution is 5.80. The summed E-state index contributed by atoms with van der Waals surface area (Å²) in [6.07, 6.45) is -0.698. The molecule has 5 nitrogen and oxygen atoms in total. The molecule has 9 heteroatoms. The Hall–Kier alpha value is -3.10. The Bertz CT molecular complexity index is 844. The van der Waals surface area contributed by atoms with Gasteiger partial charge in [0.2, 0.25) is 5.91 Å². The van der Waals surface area contributed by atoms with E-state index in [2.05, 4.69) is 4.74 Å². The first kappa shape index (κ1) is 21.2. The van der Waals surface area contributed by atoms with Gasteiger partial charge in [-0.25, -0.2) is 8.78 Å². The van der Waals surface area contributed by atoms with Gasteiger partial charge in [-0.05, 0) is 23.8 Å². The number of carbonyl (C=O) groups excluding carboxylic acids is 1. The van der Waals surface area contributed by atoms with Gasteiger partial charge in [0.05, 0.1) is 12.8 Å². The van der Waals surface area contributed by atoms with E-state index in [1.807, 2.05) is 0 Å². The van der Waals surface area contributed by atoms with Gasteiger partial charge in [0.25, 0.3) is 0 Å². The lowest BCUT2D eigenvalue weighted by Crippen LogP contribution is -2.34. The van der Waals surface area contributed by atoms with Gasteiger partial charge in [0, 0.05) is 18.7 Å². The number of rotatable bonds is 9. The first-order valence-electron chi connectivity index (χ1n) is 8.22. The Balaban J connectivity index is 2.19. The monoisotopic (exact) mass is 399 g/mol. The predicted octanol–water partition coefficient (Wildman–Crippen LogP) is 3.61. The van der Waals surface area contributed by atoms with E-state index in [0.29, 0.717) is 0 Å². The number of halogens is 4. The van der Waals surface area contributed by atoms with Crippen LogP contribution in [0.5, 0.6) is 5.75 Å². The van der Waals surface area contributed by atoms with Crippen LogP contribution in [0.1, 0.15) is 17.5 Å². The van der Waals surface area contributed by atoms with Crippen molar-refractivity contribution in [2.45, 2.75) is 26.0 Å². The summed E-state index contributed by atoms with van der Waals surface area (Å²) in [5, 5.41) is 8.87. The molecule has 0 heterocycles. The zero-order valence-electron chi connectivity index (χ0n) is 14.6. The van der Waals surface area contributed by atoms with Crippen molar-refractivity contribution in [1.82, 2.24) is 4.90 Å². The van der Waals surface area contributed by atoms with E-state index in [1.54, 1.807) is 0 Å². The summed E-state index contributed by atoms with van der Waals surface area (Å²) in [6, 6.07) is 8.80. The number of aliphatic carboxylic acids is 1. The van der Waals surface area contributed by atoms with Gasteiger partial charge < -0.3 is 14.7 Å². The maximum atomic E-state index is 13.4. The minimum atomic E-state index is -3.07. The summed E-state index contributed by atoms with van der Waals surface area (Å²) in [6.45, 7) is -3.42. The number of alkyl halides is 2. The fourth-order valence-electron chi connectivity index (χ4n) is 2.52. The lowest BCUT2D eigenvalue weighted by atomic mass is 10.1. The third-order valence-electron chi connectivity index (χ3n) is 3.84. The van der Waals surface area contributed by atoms with Gasteiger partial charge in [0.15, 0.2) is 11.6 Å².